The highest BCUT2D eigenvalue weighted by atomic mass is 31.2. The molecular weight excluding hydrogens is 272 g/mol. The van der Waals surface area contributed by atoms with Gasteiger partial charge in [0.2, 0.25) is 0 Å². The second-order valence-corrected chi connectivity index (χ2v) is 6.13. The lowest BCUT2D eigenvalue weighted by atomic mass is 10.3. The molecule has 1 rings (SSSR count). The molecule has 0 fully saturated rings. The van der Waals surface area contributed by atoms with Gasteiger partial charge in [-0.25, -0.2) is 9.48 Å². The number of esters is 1. The Hall–Kier alpha value is -1.39. The van der Waals surface area contributed by atoms with Gasteiger partial charge in [-0.1, -0.05) is 6.07 Å². The first-order valence-corrected chi connectivity index (χ1v) is 7.88. The summed E-state index contributed by atoms with van der Waals surface area (Å²) in [5.74, 6) is -0.877. The van der Waals surface area contributed by atoms with Crippen molar-refractivity contribution in [2.75, 3.05) is 13.3 Å². The highest BCUT2D eigenvalue weighted by Crippen LogP contribution is 2.39. The number of hydrogen-bond donors (Lipinski definition) is 1. The van der Waals surface area contributed by atoms with Gasteiger partial charge in [0, 0.05) is 12.7 Å². The molecule has 19 heavy (non-hydrogen) atoms. The summed E-state index contributed by atoms with van der Waals surface area (Å²) in [6.45, 7) is 4.75. The van der Waals surface area contributed by atoms with E-state index >= 15 is 0 Å². The van der Waals surface area contributed by atoms with Gasteiger partial charge in [-0.15, -0.1) is 0 Å². The van der Waals surface area contributed by atoms with E-state index in [2.05, 4.69) is 5.09 Å². The number of benzene rings is 1. The number of carbonyl (C=O) groups excluding carboxylic acids is 1. The molecule has 0 aliphatic heterocycles. The van der Waals surface area contributed by atoms with Crippen LogP contribution in [0.3, 0.4) is 0 Å². The van der Waals surface area contributed by atoms with Gasteiger partial charge in [0.15, 0.2) is 0 Å². The summed E-state index contributed by atoms with van der Waals surface area (Å²) in [6, 6.07) is 4.52. The molecule has 106 valence electrons. The Morgan fingerprint density at radius 1 is 1.53 bits per heavy atom. The second kappa shape index (κ2) is 6.68. The first kappa shape index (κ1) is 15.7. The zero-order valence-electron chi connectivity index (χ0n) is 11.1. The Bertz CT molecular complexity index is 494. The lowest BCUT2D eigenvalue weighted by Crippen LogP contribution is -2.34. The molecule has 1 aromatic carbocycles. The average Bonchev–Trinajstić information content (AvgIpc) is 2.27. The molecule has 0 unspecified atom stereocenters. The van der Waals surface area contributed by atoms with Crippen molar-refractivity contribution in [3.63, 3.8) is 0 Å². The highest BCUT2D eigenvalue weighted by molar-refractivity contribution is 7.56. The third-order valence-corrected chi connectivity index (χ3v) is 3.56. The van der Waals surface area contributed by atoms with Crippen molar-refractivity contribution in [1.82, 2.24) is 5.09 Å². The summed E-state index contributed by atoms with van der Waals surface area (Å²) in [5, 5.41) is 2.55. The molecule has 5 nitrogen and oxygen atoms in total. The van der Waals surface area contributed by atoms with Crippen LogP contribution >= 0.6 is 7.52 Å². The molecule has 1 aromatic rings. The number of nitrogens with one attached hydrogen (secondary N) is 1. The minimum Gasteiger partial charge on any atom is -0.465 e. The summed E-state index contributed by atoms with van der Waals surface area (Å²) < 4.78 is 35.1. The number of ether oxygens (including phenoxy) is 1. The molecular formula is C12H17FNO4P. The van der Waals surface area contributed by atoms with Crippen LogP contribution in [0.25, 0.3) is 0 Å². The average molecular weight is 289 g/mol. The summed E-state index contributed by atoms with van der Waals surface area (Å²) in [5.41, 5.74) is 0. The van der Waals surface area contributed by atoms with Crippen molar-refractivity contribution >= 4 is 13.5 Å². The topological polar surface area (TPSA) is 64.6 Å². The maximum absolute atomic E-state index is 13.0. The van der Waals surface area contributed by atoms with Crippen molar-refractivity contribution in [1.29, 1.82) is 0 Å². The van der Waals surface area contributed by atoms with Crippen LogP contribution in [0.2, 0.25) is 0 Å². The van der Waals surface area contributed by atoms with Crippen molar-refractivity contribution in [3.8, 4) is 5.75 Å². The van der Waals surface area contributed by atoms with Crippen LogP contribution < -0.4 is 9.61 Å². The van der Waals surface area contributed by atoms with E-state index in [1.165, 1.54) is 31.8 Å². The van der Waals surface area contributed by atoms with Crippen LogP contribution in [-0.2, 0) is 14.1 Å². The van der Waals surface area contributed by atoms with Gasteiger partial charge in [-0.3, -0.25) is 9.36 Å². The quantitative estimate of drug-likeness (QED) is 0.644. The van der Waals surface area contributed by atoms with Crippen LogP contribution in [0.4, 0.5) is 4.39 Å². The molecule has 7 heteroatoms. The first-order valence-electron chi connectivity index (χ1n) is 5.81. The van der Waals surface area contributed by atoms with Crippen molar-refractivity contribution in [2.24, 2.45) is 0 Å². The Morgan fingerprint density at radius 3 is 2.79 bits per heavy atom. The highest BCUT2D eigenvalue weighted by Gasteiger charge is 2.25. The van der Waals surface area contributed by atoms with Crippen LogP contribution in [0.5, 0.6) is 5.75 Å². The van der Waals surface area contributed by atoms with E-state index in [9.17, 15) is 13.8 Å². The number of carbonyl (C=O) groups is 1. The third-order valence-electron chi connectivity index (χ3n) is 2.14. The number of hydrogen-bond acceptors (Lipinski definition) is 4. The smallest absolute Gasteiger partial charge is 0.323 e. The predicted octanol–water partition coefficient (Wildman–Crippen LogP) is 2.57. The van der Waals surface area contributed by atoms with Crippen molar-refractivity contribution < 1.29 is 23.0 Å². The molecule has 0 aliphatic carbocycles. The molecule has 0 aliphatic rings. The standard InChI is InChI=1S/C12H17FNO4P/c1-4-17-12(15)9(2)14-19(3,16)18-11-7-5-6-10(13)8-11/h5-9H,4H2,1-3H3,(H,14,16)/t9-,19+/m0/s1. The van der Waals surface area contributed by atoms with E-state index in [0.29, 0.717) is 0 Å². The SMILES string of the molecule is CCOC(=O)[C@H](C)N[P@](C)(=O)Oc1cccc(F)c1. The van der Waals surface area contributed by atoms with E-state index in [-0.39, 0.29) is 12.4 Å². The summed E-state index contributed by atoms with van der Waals surface area (Å²) in [4.78, 5) is 11.4. The predicted molar refractivity (Wildman–Crippen MR) is 69.8 cm³/mol. The van der Waals surface area contributed by atoms with Crippen LogP contribution in [-0.4, -0.2) is 25.3 Å². The Labute approximate surface area is 111 Å². The Balaban J connectivity index is 2.66. The molecule has 1 N–H and O–H groups in total. The van der Waals surface area contributed by atoms with Gasteiger partial charge in [0.25, 0.3) is 0 Å². The van der Waals surface area contributed by atoms with Crippen molar-refractivity contribution in [2.45, 2.75) is 19.9 Å². The fraction of sp³-hybridized carbons (Fsp3) is 0.417. The van der Waals surface area contributed by atoms with E-state index in [1.807, 2.05) is 0 Å². The minimum atomic E-state index is -3.29. The van der Waals surface area contributed by atoms with Crippen LogP contribution in [0.15, 0.2) is 24.3 Å². The summed E-state index contributed by atoms with van der Waals surface area (Å²) in [6.07, 6.45) is 0. The molecule has 0 saturated heterocycles. The lowest BCUT2D eigenvalue weighted by Gasteiger charge is -2.20. The Morgan fingerprint density at radius 2 is 2.21 bits per heavy atom. The molecule has 0 bridgehead atoms. The number of rotatable bonds is 6. The molecule has 0 radical (unpaired) electrons. The zero-order valence-corrected chi connectivity index (χ0v) is 11.9. The maximum Gasteiger partial charge on any atom is 0.323 e. The van der Waals surface area contributed by atoms with Gasteiger partial charge >= 0.3 is 13.5 Å². The van der Waals surface area contributed by atoms with Crippen LogP contribution in [0.1, 0.15) is 13.8 Å². The van der Waals surface area contributed by atoms with E-state index < -0.39 is 25.3 Å². The monoisotopic (exact) mass is 289 g/mol. The number of halogens is 1. The maximum atomic E-state index is 13.0. The second-order valence-electron chi connectivity index (χ2n) is 4.00. The Kier molecular flexibility index (Phi) is 5.51. The van der Waals surface area contributed by atoms with E-state index in [4.69, 9.17) is 9.26 Å². The fourth-order valence-corrected chi connectivity index (χ4v) is 2.80. The van der Waals surface area contributed by atoms with Gasteiger partial charge in [-0.05, 0) is 26.0 Å². The van der Waals surface area contributed by atoms with E-state index in [1.54, 1.807) is 6.92 Å². The summed E-state index contributed by atoms with van der Waals surface area (Å²) >= 11 is 0. The first-order chi connectivity index (χ1) is 8.84. The van der Waals surface area contributed by atoms with Crippen molar-refractivity contribution in [3.05, 3.63) is 30.1 Å². The molecule has 0 spiro atoms. The normalized spacial score (nSPS) is 15.4. The molecule has 0 aromatic heterocycles. The fourth-order valence-electron chi connectivity index (χ4n) is 1.42. The van der Waals surface area contributed by atoms with Gasteiger partial charge in [0.1, 0.15) is 17.6 Å². The van der Waals surface area contributed by atoms with E-state index in [0.717, 1.165) is 6.07 Å². The molecule has 2 atom stereocenters. The minimum absolute atomic E-state index is 0.134. The lowest BCUT2D eigenvalue weighted by molar-refractivity contribution is -0.144. The van der Waals surface area contributed by atoms with Gasteiger partial charge < -0.3 is 9.26 Å². The molecule has 0 amide bonds. The molecule has 0 saturated carbocycles. The van der Waals surface area contributed by atoms with Crippen LogP contribution in [0, 0.1) is 5.82 Å². The summed E-state index contributed by atoms with van der Waals surface area (Å²) in [7, 11) is -3.29. The van der Waals surface area contributed by atoms with Gasteiger partial charge in [0.05, 0.1) is 6.61 Å². The zero-order chi connectivity index (χ0) is 14.5. The third kappa shape index (κ3) is 5.41. The largest absolute Gasteiger partial charge is 0.465 e. The molecule has 0 heterocycles. The van der Waals surface area contributed by atoms with Gasteiger partial charge in [-0.2, -0.15) is 0 Å².